The minimum absolute atomic E-state index is 0. The summed E-state index contributed by atoms with van der Waals surface area (Å²) in [6.45, 7) is 6.30. The fourth-order valence-electron chi connectivity index (χ4n) is 2.14. The molecule has 8 heteroatoms. The zero-order chi connectivity index (χ0) is 19.3. The third-order valence-corrected chi connectivity index (χ3v) is 3.57. The molecule has 0 heterocycles. The first-order valence-corrected chi connectivity index (χ1v) is 9.01. The van der Waals surface area contributed by atoms with Crippen molar-refractivity contribution in [2.24, 2.45) is 5.41 Å². The zero-order valence-corrected chi connectivity index (χ0v) is 17.0. The first-order valence-electron chi connectivity index (χ1n) is 9.01. The molecule has 0 aromatic heterocycles. The van der Waals surface area contributed by atoms with E-state index in [4.69, 9.17) is 37.9 Å². The number of ether oxygens (including phenoxy) is 8. The average Bonchev–Trinajstić information content (AvgIpc) is 2.65. The Morgan fingerprint density at radius 2 is 0.553 bits per heavy atom. The van der Waals surface area contributed by atoms with Crippen molar-refractivity contribution < 1.29 is 37.9 Å². The van der Waals surface area contributed by atoms with Crippen LogP contribution in [0.4, 0.5) is 0 Å². The maximum Gasteiger partial charge on any atom is 0.0700 e. The average molecular weight is 575 g/mol. The van der Waals surface area contributed by atoms with Crippen LogP contribution in [0.1, 0.15) is 95.5 Å². The van der Waals surface area contributed by atoms with E-state index in [0.29, 0.717) is 79.3 Å². The Kier molecular flexibility index (Phi) is 144. The summed E-state index contributed by atoms with van der Waals surface area (Å²) in [4.78, 5) is 0. The van der Waals surface area contributed by atoms with Gasteiger partial charge < -0.3 is 37.9 Å². The maximum atomic E-state index is 5.86. The second kappa shape index (κ2) is 65.6. The van der Waals surface area contributed by atoms with Gasteiger partial charge in [0.25, 0.3) is 0 Å². The Bertz CT molecular complexity index is 252. The molecule has 38 heavy (non-hydrogen) atoms. The van der Waals surface area contributed by atoms with Crippen LogP contribution in [-0.4, -0.2) is 108 Å². The Hall–Kier alpha value is -0.320. The van der Waals surface area contributed by atoms with Gasteiger partial charge in [0, 0.05) is 41.7 Å². The van der Waals surface area contributed by atoms with Crippen molar-refractivity contribution in [3.8, 4) is 0 Å². The lowest BCUT2D eigenvalue weighted by Crippen LogP contribution is -2.42. The van der Waals surface area contributed by atoms with Crippen LogP contribution < -0.4 is 0 Å². The fraction of sp³-hybridized carbons (Fsp3) is 1.00. The van der Waals surface area contributed by atoms with E-state index in [0.717, 1.165) is 6.42 Å². The Labute approximate surface area is 246 Å². The van der Waals surface area contributed by atoms with Crippen LogP contribution in [0.2, 0.25) is 0 Å². The standard InChI is InChI=1S/C18H38O8.12CH4/c1-19-6-5-7-23-14-18(15-24-11-8-20-2,16-25-12-9-21-3)17-26-13-10-22-4;;;;;;;;;;;;/h5-17H2,1-4H3;12*1H4. The SMILES string of the molecule is C.C.C.C.C.C.C.C.C.C.C.C.COCCCOCC(COCCOC)(COCCOC)COCCOC. The van der Waals surface area contributed by atoms with Crippen LogP contribution in [0.15, 0.2) is 0 Å². The summed E-state index contributed by atoms with van der Waals surface area (Å²) >= 11 is 0. The molecule has 8 nitrogen and oxygen atoms in total. The molecule has 0 fully saturated rings. The van der Waals surface area contributed by atoms with E-state index in [1.165, 1.54) is 0 Å². The van der Waals surface area contributed by atoms with Crippen LogP contribution in [0.25, 0.3) is 0 Å². The molecule has 0 aromatic carbocycles. The first-order chi connectivity index (χ1) is 12.7. The lowest BCUT2D eigenvalue weighted by Gasteiger charge is -2.33. The van der Waals surface area contributed by atoms with Gasteiger partial charge in [-0.05, 0) is 6.42 Å². The lowest BCUT2D eigenvalue weighted by atomic mass is 9.92. The third kappa shape index (κ3) is 52.2. The van der Waals surface area contributed by atoms with Gasteiger partial charge in [-0.25, -0.2) is 0 Å². The Morgan fingerprint density at radius 3 is 0.789 bits per heavy atom. The number of hydrogen-bond donors (Lipinski definition) is 0. The maximum absolute atomic E-state index is 5.86. The van der Waals surface area contributed by atoms with Gasteiger partial charge in [-0.2, -0.15) is 0 Å². The van der Waals surface area contributed by atoms with Gasteiger partial charge in [0.15, 0.2) is 0 Å². The molecule has 0 atom stereocenters. The molecule has 254 valence electrons. The second-order valence-corrected chi connectivity index (χ2v) is 6.04. The van der Waals surface area contributed by atoms with Crippen molar-refractivity contribution in [2.75, 3.05) is 108 Å². The van der Waals surface area contributed by atoms with E-state index in [9.17, 15) is 0 Å². The predicted molar refractivity (Wildman–Crippen MR) is 179 cm³/mol. The van der Waals surface area contributed by atoms with Gasteiger partial charge in [0.1, 0.15) is 0 Å². The van der Waals surface area contributed by atoms with Crippen molar-refractivity contribution in [2.45, 2.75) is 95.5 Å². The van der Waals surface area contributed by atoms with Gasteiger partial charge >= 0.3 is 0 Å². The van der Waals surface area contributed by atoms with Crippen LogP contribution in [0.5, 0.6) is 0 Å². The highest BCUT2D eigenvalue weighted by Crippen LogP contribution is 2.21. The third-order valence-electron chi connectivity index (χ3n) is 3.57. The van der Waals surface area contributed by atoms with Crippen LogP contribution in [-0.2, 0) is 37.9 Å². The summed E-state index contributed by atoms with van der Waals surface area (Å²) in [5, 5.41) is 0. The highest BCUT2D eigenvalue weighted by Gasteiger charge is 2.32. The largest absolute Gasteiger partial charge is 0.385 e. The van der Waals surface area contributed by atoms with E-state index < -0.39 is 5.41 Å². The van der Waals surface area contributed by atoms with Gasteiger partial charge in [0.2, 0.25) is 0 Å². The molecule has 0 saturated heterocycles. The van der Waals surface area contributed by atoms with Crippen LogP contribution in [0, 0.1) is 5.41 Å². The smallest absolute Gasteiger partial charge is 0.0700 e. The molecule has 0 aliphatic heterocycles. The summed E-state index contributed by atoms with van der Waals surface area (Å²) < 4.78 is 43.4. The monoisotopic (exact) mass is 575 g/mol. The molecule has 0 bridgehead atoms. The van der Waals surface area contributed by atoms with E-state index in [2.05, 4.69) is 0 Å². The molecule has 0 aliphatic carbocycles. The summed E-state index contributed by atoms with van der Waals surface area (Å²) in [5.41, 5.74) is -0.400. The zero-order valence-electron chi connectivity index (χ0n) is 17.0. The summed E-state index contributed by atoms with van der Waals surface area (Å²) in [6, 6.07) is 0. The molecule has 0 radical (unpaired) electrons. The van der Waals surface area contributed by atoms with E-state index in [1.807, 2.05) is 0 Å². The molecule has 0 amide bonds. The fourth-order valence-corrected chi connectivity index (χ4v) is 2.14. The molecule has 0 aromatic rings. The topological polar surface area (TPSA) is 73.8 Å². The summed E-state index contributed by atoms with van der Waals surface area (Å²) in [6.07, 6.45) is 0.839. The molecule has 0 aliphatic rings. The number of methoxy groups -OCH3 is 4. The van der Waals surface area contributed by atoms with Crippen LogP contribution in [0.3, 0.4) is 0 Å². The molecule has 0 saturated carbocycles. The van der Waals surface area contributed by atoms with Crippen molar-refractivity contribution in [1.82, 2.24) is 0 Å². The summed E-state index contributed by atoms with van der Waals surface area (Å²) in [5.74, 6) is 0. The van der Waals surface area contributed by atoms with Crippen LogP contribution >= 0.6 is 0 Å². The summed E-state index contributed by atoms with van der Waals surface area (Å²) in [7, 11) is 6.63. The molecule has 0 unspecified atom stereocenters. The number of hydrogen-bond acceptors (Lipinski definition) is 8. The lowest BCUT2D eigenvalue weighted by molar-refractivity contribution is -0.116. The van der Waals surface area contributed by atoms with Crippen molar-refractivity contribution >= 4 is 0 Å². The Morgan fingerprint density at radius 1 is 0.316 bits per heavy atom. The molecule has 0 rings (SSSR count). The van der Waals surface area contributed by atoms with Gasteiger partial charge in [-0.1, -0.05) is 89.1 Å². The van der Waals surface area contributed by atoms with Crippen molar-refractivity contribution in [3.63, 3.8) is 0 Å². The molecular weight excluding hydrogens is 488 g/mol. The normalized spacial score (nSPS) is 8.21. The minimum atomic E-state index is -0.400. The second-order valence-electron chi connectivity index (χ2n) is 6.04. The van der Waals surface area contributed by atoms with E-state index >= 15 is 0 Å². The highest BCUT2D eigenvalue weighted by atomic mass is 16.5. The minimum Gasteiger partial charge on any atom is -0.385 e. The molecule has 0 spiro atoms. The van der Waals surface area contributed by atoms with Crippen molar-refractivity contribution in [3.05, 3.63) is 0 Å². The van der Waals surface area contributed by atoms with E-state index in [-0.39, 0.29) is 89.1 Å². The van der Waals surface area contributed by atoms with E-state index in [1.54, 1.807) is 28.4 Å². The molecular formula is C30H86O8. The molecule has 0 N–H and O–H groups in total. The first kappa shape index (κ1) is 83.2. The number of rotatable bonds is 21. The van der Waals surface area contributed by atoms with Crippen molar-refractivity contribution in [1.29, 1.82) is 0 Å². The highest BCUT2D eigenvalue weighted by molar-refractivity contribution is 4.79. The Balaban J connectivity index is -0.0000000473. The van der Waals surface area contributed by atoms with Gasteiger partial charge in [-0.15, -0.1) is 0 Å². The van der Waals surface area contributed by atoms with Gasteiger partial charge in [0.05, 0.1) is 71.5 Å². The predicted octanol–water partition coefficient (Wildman–Crippen LogP) is 8.65. The quantitative estimate of drug-likeness (QED) is 0.126. The van der Waals surface area contributed by atoms with Gasteiger partial charge in [-0.3, -0.25) is 0 Å².